The first-order valence-corrected chi connectivity index (χ1v) is 6.59. The van der Waals surface area contributed by atoms with Crippen LogP contribution in [0.25, 0.3) is 0 Å². The summed E-state index contributed by atoms with van der Waals surface area (Å²) in [6.45, 7) is 1.79. The molecule has 0 bridgehead atoms. The molecule has 5 nitrogen and oxygen atoms in total. The molecule has 20 heavy (non-hydrogen) atoms. The van der Waals surface area contributed by atoms with Crippen LogP contribution in [0.1, 0.15) is 33.6 Å². The number of aromatic nitrogens is 2. The lowest BCUT2D eigenvalue weighted by molar-refractivity contribution is 0.0696. The highest BCUT2D eigenvalue weighted by molar-refractivity contribution is 5.90. The van der Waals surface area contributed by atoms with E-state index in [1.54, 1.807) is 25.4 Å². The Morgan fingerprint density at radius 3 is 2.95 bits per heavy atom. The average Bonchev–Trinajstić information content (AvgIpc) is 2.90. The molecule has 1 aliphatic carbocycles. The first kappa shape index (κ1) is 12.6. The second-order valence-electron chi connectivity index (χ2n) is 4.96. The smallest absolute Gasteiger partial charge is 0.336 e. The van der Waals surface area contributed by atoms with Crippen molar-refractivity contribution >= 4 is 17.5 Å². The van der Waals surface area contributed by atoms with Gasteiger partial charge in [0.25, 0.3) is 0 Å². The molecule has 0 amide bonds. The van der Waals surface area contributed by atoms with Crippen molar-refractivity contribution in [2.75, 3.05) is 5.32 Å². The van der Waals surface area contributed by atoms with Crippen LogP contribution >= 0.6 is 0 Å². The molecule has 0 aliphatic heterocycles. The van der Waals surface area contributed by atoms with Gasteiger partial charge in [0.05, 0.1) is 5.56 Å². The van der Waals surface area contributed by atoms with Crippen molar-refractivity contribution in [3.05, 3.63) is 46.9 Å². The second-order valence-corrected chi connectivity index (χ2v) is 4.96. The van der Waals surface area contributed by atoms with Crippen molar-refractivity contribution in [2.45, 2.75) is 26.2 Å². The zero-order chi connectivity index (χ0) is 14.1. The third kappa shape index (κ3) is 2.22. The van der Waals surface area contributed by atoms with Gasteiger partial charge in [0.1, 0.15) is 12.1 Å². The predicted molar refractivity (Wildman–Crippen MR) is 75.5 cm³/mol. The lowest BCUT2D eigenvalue weighted by Gasteiger charge is -2.11. The van der Waals surface area contributed by atoms with Crippen LogP contribution in [0.3, 0.4) is 0 Å². The summed E-state index contributed by atoms with van der Waals surface area (Å²) >= 11 is 0. The van der Waals surface area contributed by atoms with Crippen LogP contribution in [-0.4, -0.2) is 21.0 Å². The SMILES string of the molecule is Cc1ccc(Nc2ncnc3c2CCC3)cc1C(=O)O. The van der Waals surface area contributed by atoms with Gasteiger partial charge in [-0.1, -0.05) is 6.07 Å². The molecule has 0 atom stereocenters. The summed E-state index contributed by atoms with van der Waals surface area (Å²) in [4.78, 5) is 19.7. The molecule has 0 spiro atoms. The summed E-state index contributed by atoms with van der Waals surface area (Å²) in [5.74, 6) is -0.133. The van der Waals surface area contributed by atoms with Gasteiger partial charge in [0.2, 0.25) is 0 Å². The molecule has 3 rings (SSSR count). The van der Waals surface area contributed by atoms with E-state index in [1.807, 2.05) is 6.07 Å². The summed E-state index contributed by atoms with van der Waals surface area (Å²) in [5, 5.41) is 12.4. The standard InChI is InChI=1S/C15H15N3O2/c1-9-5-6-10(7-12(9)15(19)20)18-14-11-3-2-4-13(11)16-8-17-14/h5-8H,2-4H2,1H3,(H,19,20)(H,16,17,18). The average molecular weight is 269 g/mol. The van der Waals surface area contributed by atoms with Gasteiger partial charge in [-0.15, -0.1) is 0 Å². The third-order valence-corrected chi connectivity index (χ3v) is 3.61. The van der Waals surface area contributed by atoms with Crippen molar-refractivity contribution in [3.8, 4) is 0 Å². The van der Waals surface area contributed by atoms with Crippen molar-refractivity contribution in [1.82, 2.24) is 9.97 Å². The zero-order valence-electron chi connectivity index (χ0n) is 11.2. The van der Waals surface area contributed by atoms with E-state index in [9.17, 15) is 4.79 Å². The van der Waals surface area contributed by atoms with E-state index >= 15 is 0 Å². The van der Waals surface area contributed by atoms with Crippen LogP contribution in [0.5, 0.6) is 0 Å². The number of nitrogens with one attached hydrogen (secondary N) is 1. The maximum atomic E-state index is 11.2. The van der Waals surface area contributed by atoms with Gasteiger partial charge >= 0.3 is 5.97 Å². The number of benzene rings is 1. The molecule has 0 radical (unpaired) electrons. The van der Waals surface area contributed by atoms with E-state index in [0.29, 0.717) is 5.56 Å². The van der Waals surface area contributed by atoms with Crippen LogP contribution in [0.2, 0.25) is 0 Å². The Morgan fingerprint density at radius 1 is 1.30 bits per heavy atom. The van der Waals surface area contributed by atoms with Crippen LogP contribution in [0.15, 0.2) is 24.5 Å². The Morgan fingerprint density at radius 2 is 2.15 bits per heavy atom. The number of hydrogen-bond donors (Lipinski definition) is 2. The molecule has 1 heterocycles. The number of anilines is 2. The lowest BCUT2D eigenvalue weighted by Crippen LogP contribution is -2.04. The molecular weight excluding hydrogens is 254 g/mol. The van der Waals surface area contributed by atoms with Crippen LogP contribution in [-0.2, 0) is 12.8 Å². The molecule has 0 fully saturated rings. The quantitative estimate of drug-likeness (QED) is 0.896. The molecule has 5 heteroatoms. The lowest BCUT2D eigenvalue weighted by atomic mass is 10.1. The van der Waals surface area contributed by atoms with Gasteiger partial charge in [-0.25, -0.2) is 14.8 Å². The summed E-state index contributed by atoms with van der Waals surface area (Å²) < 4.78 is 0. The number of carbonyl (C=O) groups is 1. The number of hydrogen-bond acceptors (Lipinski definition) is 4. The second kappa shape index (κ2) is 4.92. The monoisotopic (exact) mass is 269 g/mol. The minimum Gasteiger partial charge on any atom is -0.478 e. The molecule has 1 aliphatic rings. The largest absolute Gasteiger partial charge is 0.478 e. The van der Waals surface area contributed by atoms with Crippen LogP contribution < -0.4 is 5.32 Å². The minimum absolute atomic E-state index is 0.306. The van der Waals surface area contributed by atoms with Gasteiger partial charge in [-0.2, -0.15) is 0 Å². The molecule has 0 saturated carbocycles. The molecule has 2 aromatic rings. The molecule has 0 unspecified atom stereocenters. The number of rotatable bonds is 3. The number of nitrogens with zero attached hydrogens (tertiary/aromatic N) is 2. The van der Waals surface area contributed by atoms with Gasteiger partial charge in [0.15, 0.2) is 0 Å². The fraction of sp³-hybridized carbons (Fsp3) is 0.267. The van der Waals surface area contributed by atoms with E-state index in [2.05, 4.69) is 15.3 Å². The highest BCUT2D eigenvalue weighted by Crippen LogP contribution is 2.28. The number of carboxylic acids is 1. The Balaban J connectivity index is 1.94. The Bertz CT molecular complexity index is 683. The minimum atomic E-state index is -0.918. The molecule has 2 N–H and O–H groups in total. The fourth-order valence-electron chi connectivity index (χ4n) is 2.53. The summed E-state index contributed by atoms with van der Waals surface area (Å²) in [6.07, 6.45) is 4.60. The predicted octanol–water partition coefficient (Wildman–Crippen LogP) is 2.72. The number of carboxylic acid groups (broad SMARTS) is 1. The van der Waals surface area contributed by atoms with Crippen molar-refractivity contribution in [1.29, 1.82) is 0 Å². The van der Waals surface area contributed by atoms with Crippen LogP contribution in [0, 0.1) is 6.92 Å². The number of aryl methyl sites for hydroxylation is 2. The van der Waals surface area contributed by atoms with Crippen molar-refractivity contribution in [2.24, 2.45) is 0 Å². The highest BCUT2D eigenvalue weighted by atomic mass is 16.4. The molecule has 1 aromatic carbocycles. The van der Waals surface area contributed by atoms with E-state index in [-0.39, 0.29) is 0 Å². The Hall–Kier alpha value is -2.43. The number of aromatic carboxylic acids is 1. The highest BCUT2D eigenvalue weighted by Gasteiger charge is 2.17. The number of fused-ring (bicyclic) bond motifs is 1. The van der Waals surface area contributed by atoms with Crippen molar-refractivity contribution < 1.29 is 9.90 Å². The van der Waals surface area contributed by atoms with Gasteiger partial charge in [-0.05, 0) is 43.9 Å². The Kier molecular flexibility index (Phi) is 3.10. The zero-order valence-corrected chi connectivity index (χ0v) is 11.2. The molecular formula is C15H15N3O2. The van der Waals surface area contributed by atoms with E-state index in [1.165, 1.54) is 0 Å². The molecule has 102 valence electrons. The van der Waals surface area contributed by atoms with E-state index in [0.717, 1.165) is 47.6 Å². The maximum absolute atomic E-state index is 11.2. The van der Waals surface area contributed by atoms with Gasteiger partial charge in [0, 0.05) is 16.9 Å². The van der Waals surface area contributed by atoms with E-state index in [4.69, 9.17) is 5.11 Å². The first-order chi connectivity index (χ1) is 9.65. The van der Waals surface area contributed by atoms with Crippen LogP contribution in [0.4, 0.5) is 11.5 Å². The summed E-state index contributed by atoms with van der Waals surface area (Å²) in [6, 6.07) is 5.31. The Labute approximate surface area is 116 Å². The molecule has 1 aromatic heterocycles. The first-order valence-electron chi connectivity index (χ1n) is 6.59. The van der Waals surface area contributed by atoms with E-state index < -0.39 is 5.97 Å². The third-order valence-electron chi connectivity index (χ3n) is 3.61. The van der Waals surface area contributed by atoms with Gasteiger partial charge < -0.3 is 10.4 Å². The topological polar surface area (TPSA) is 75.1 Å². The fourth-order valence-corrected chi connectivity index (χ4v) is 2.53. The molecule has 0 saturated heterocycles. The normalized spacial score (nSPS) is 13.1. The van der Waals surface area contributed by atoms with Gasteiger partial charge in [-0.3, -0.25) is 0 Å². The van der Waals surface area contributed by atoms with Crippen molar-refractivity contribution in [3.63, 3.8) is 0 Å². The summed E-state index contributed by atoms with van der Waals surface area (Å²) in [7, 11) is 0. The maximum Gasteiger partial charge on any atom is 0.336 e. The summed E-state index contributed by atoms with van der Waals surface area (Å²) in [5.41, 5.74) is 4.02.